The number of anilines is 1. The van der Waals surface area contributed by atoms with Crippen LogP contribution in [0.4, 0.5) is 5.69 Å². The first-order valence-corrected chi connectivity index (χ1v) is 7.97. The Morgan fingerprint density at radius 3 is 2.56 bits per heavy atom. The fourth-order valence-corrected chi connectivity index (χ4v) is 2.86. The van der Waals surface area contributed by atoms with Crippen LogP contribution >= 0.6 is 23.2 Å². The number of carbonyl (C=O) groups is 1. The van der Waals surface area contributed by atoms with E-state index in [2.05, 4.69) is 20.3 Å². The lowest BCUT2D eigenvalue weighted by Crippen LogP contribution is -2.15. The number of methoxy groups -OCH3 is 2. The third-order valence-corrected chi connectivity index (χ3v) is 4.12. The van der Waals surface area contributed by atoms with Gasteiger partial charge in [-0.3, -0.25) is 9.78 Å². The highest BCUT2D eigenvalue weighted by Crippen LogP contribution is 2.31. The average Bonchev–Trinajstić information content (AvgIpc) is 3.03. The van der Waals surface area contributed by atoms with Gasteiger partial charge in [0.2, 0.25) is 5.91 Å². The summed E-state index contributed by atoms with van der Waals surface area (Å²) in [5.41, 5.74) is 2.28. The molecule has 130 valence electrons. The van der Waals surface area contributed by atoms with Gasteiger partial charge in [0, 0.05) is 12.4 Å². The SMILES string of the molecule is COc1nc2c(CC(=O)Nc3c(Cl)cncc3Cl)ccc(OC)c2[nH]1. The monoisotopic (exact) mass is 380 g/mol. The molecule has 2 heterocycles. The third kappa shape index (κ3) is 3.47. The molecule has 0 bridgehead atoms. The van der Waals surface area contributed by atoms with Gasteiger partial charge in [-0.2, -0.15) is 4.98 Å². The Morgan fingerprint density at radius 1 is 1.20 bits per heavy atom. The van der Waals surface area contributed by atoms with Crippen LogP contribution in [-0.4, -0.2) is 35.1 Å². The van der Waals surface area contributed by atoms with Gasteiger partial charge in [0.25, 0.3) is 6.01 Å². The van der Waals surface area contributed by atoms with Gasteiger partial charge in [-0.25, -0.2) is 0 Å². The fraction of sp³-hybridized carbons (Fsp3) is 0.188. The Morgan fingerprint density at radius 2 is 1.92 bits per heavy atom. The number of ether oxygens (including phenoxy) is 2. The molecule has 9 heteroatoms. The smallest absolute Gasteiger partial charge is 0.294 e. The third-order valence-electron chi connectivity index (χ3n) is 3.55. The number of aromatic nitrogens is 3. The summed E-state index contributed by atoms with van der Waals surface area (Å²) in [5, 5.41) is 3.23. The van der Waals surface area contributed by atoms with Crippen molar-refractivity contribution in [2.45, 2.75) is 6.42 Å². The number of hydrogen-bond donors (Lipinski definition) is 2. The van der Waals surface area contributed by atoms with Crippen molar-refractivity contribution in [3.05, 3.63) is 40.1 Å². The molecule has 0 saturated heterocycles. The number of nitrogens with zero attached hydrogens (tertiary/aromatic N) is 2. The van der Waals surface area contributed by atoms with Crippen molar-refractivity contribution in [1.29, 1.82) is 0 Å². The highest BCUT2D eigenvalue weighted by molar-refractivity contribution is 6.39. The summed E-state index contributed by atoms with van der Waals surface area (Å²) < 4.78 is 10.4. The van der Waals surface area contributed by atoms with Gasteiger partial charge in [-0.1, -0.05) is 29.3 Å². The van der Waals surface area contributed by atoms with Gasteiger partial charge in [-0.15, -0.1) is 0 Å². The first-order chi connectivity index (χ1) is 12.0. The number of benzene rings is 1. The molecule has 0 aliphatic heterocycles. The van der Waals surface area contributed by atoms with Crippen LogP contribution in [0.3, 0.4) is 0 Å². The van der Waals surface area contributed by atoms with Crippen molar-refractivity contribution >= 4 is 45.8 Å². The number of amides is 1. The lowest BCUT2D eigenvalue weighted by Gasteiger charge is -2.09. The van der Waals surface area contributed by atoms with Crippen molar-refractivity contribution in [2.24, 2.45) is 0 Å². The molecule has 1 amide bonds. The number of H-pyrrole nitrogens is 1. The van der Waals surface area contributed by atoms with Crippen molar-refractivity contribution in [3.63, 3.8) is 0 Å². The van der Waals surface area contributed by atoms with E-state index in [0.29, 0.717) is 34.0 Å². The van der Waals surface area contributed by atoms with Crippen LogP contribution in [0.25, 0.3) is 11.0 Å². The predicted molar refractivity (Wildman–Crippen MR) is 95.8 cm³/mol. The Kier molecular flexibility index (Phi) is 4.96. The lowest BCUT2D eigenvalue weighted by atomic mass is 10.1. The first-order valence-electron chi connectivity index (χ1n) is 7.22. The molecular formula is C16H14Cl2N4O3. The molecule has 0 fully saturated rings. The number of imidazole rings is 1. The average molecular weight is 381 g/mol. The molecule has 3 aromatic rings. The molecule has 0 aliphatic rings. The van der Waals surface area contributed by atoms with E-state index in [0.717, 1.165) is 0 Å². The van der Waals surface area contributed by atoms with Gasteiger partial charge >= 0.3 is 0 Å². The van der Waals surface area contributed by atoms with Crippen LogP contribution < -0.4 is 14.8 Å². The maximum atomic E-state index is 12.4. The zero-order valence-corrected chi connectivity index (χ0v) is 14.9. The number of carbonyl (C=O) groups excluding carboxylic acids is 1. The highest BCUT2D eigenvalue weighted by Gasteiger charge is 2.16. The van der Waals surface area contributed by atoms with Gasteiger partial charge in [-0.05, 0) is 11.6 Å². The summed E-state index contributed by atoms with van der Waals surface area (Å²) in [4.78, 5) is 23.6. The summed E-state index contributed by atoms with van der Waals surface area (Å²) >= 11 is 12.0. The predicted octanol–water partition coefficient (Wildman–Crippen LogP) is 3.46. The van der Waals surface area contributed by atoms with E-state index in [1.807, 2.05) is 0 Å². The zero-order chi connectivity index (χ0) is 18.0. The summed E-state index contributed by atoms with van der Waals surface area (Å²) in [5.74, 6) is 0.318. The van der Waals surface area contributed by atoms with E-state index < -0.39 is 0 Å². The fourth-order valence-electron chi connectivity index (χ4n) is 2.40. The van der Waals surface area contributed by atoms with Crippen molar-refractivity contribution in [1.82, 2.24) is 15.0 Å². The van der Waals surface area contributed by atoms with E-state index in [1.165, 1.54) is 19.5 Å². The molecule has 25 heavy (non-hydrogen) atoms. The van der Waals surface area contributed by atoms with E-state index in [-0.39, 0.29) is 22.4 Å². The molecular weight excluding hydrogens is 367 g/mol. The zero-order valence-electron chi connectivity index (χ0n) is 13.4. The van der Waals surface area contributed by atoms with E-state index >= 15 is 0 Å². The van der Waals surface area contributed by atoms with Crippen LogP contribution in [0.1, 0.15) is 5.56 Å². The number of hydrogen-bond acceptors (Lipinski definition) is 5. The van der Waals surface area contributed by atoms with E-state index in [4.69, 9.17) is 32.7 Å². The van der Waals surface area contributed by atoms with Gasteiger partial charge < -0.3 is 19.8 Å². The number of nitrogens with one attached hydrogen (secondary N) is 2. The minimum Gasteiger partial charge on any atom is -0.494 e. The second-order valence-corrected chi connectivity index (χ2v) is 5.91. The topological polar surface area (TPSA) is 89.1 Å². The van der Waals surface area contributed by atoms with Crippen molar-refractivity contribution in [2.75, 3.05) is 19.5 Å². The summed E-state index contributed by atoms with van der Waals surface area (Å²) in [6.45, 7) is 0. The molecule has 2 N–H and O–H groups in total. The number of rotatable bonds is 5. The Labute approximate surface area is 153 Å². The minimum atomic E-state index is -0.288. The van der Waals surface area contributed by atoms with E-state index in [9.17, 15) is 4.79 Å². The molecule has 2 aromatic heterocycles. The second kappa shape index (κ2) is 7.16. The second-order valence-electron chi connectivity index (χ2n) is 5.10. The maximum absolute atomic E-state index is 12.4. The summed E-state index contributed by atoms with van der Waals surface area (Å²) in [6.07, 6.45) is 2.89. The number of aromatic amines is 1. The number of fused-ring (bicyclic) bond motifs is 1. The summed E-state index contributed by atoms with van der Waals surface area (Å²) in [6, 6.07) is 3.87. The van der Waals surface area contributed by atoms with Crippen molar-refractivity contribution < 1.29 is 14.3 Å². The molecule has 3 rings (SSSR count). The Bertz CT molecular complexity index is 922. The van der Waals surface area contributed by atoms with Crippen LogP contribution in [-0.2, 0) is 11.2 Å². The Hall–Kier alpha value is -2.51. The van der Waals surface area contributed by atoms with Gasteiger partial charge in [0.05, 0.1) is 41.9 Å². The van der Waals surface area contributed by atoms with Gasteiger partial charge in [0.15, 0.2) is 0 Å². The standard InChI is InChI=1S/C16H14Cl2N4O3/c1-24-11-4-3-8(13-15(11)22-16(21-13)25-2)5-12(23)20-14-9(17)6-19-7-10(14)18/h3-4,6-7H,5H2,1-2H3,(H,21,22)(H,19,20,23). The van der Waals surface area contributed by atoms with Crippen LogP contribution in [0.2, 0.25) is 10.0 Å². The molecule has 1 aromatic carbocycles. The largest absolute Gasteiger partial charge is 0.494 e. The van der Waals surface area contributed by atoms with Crippen LogP contribution in [0.5, 0.6) is 11.8 Å². The molecule has 0 radical (unpaired) electrons. The van der Waals surface area contributed by atoms with Crippen LogP contribution in [0, 0.1) is 0 Å². The number of halogens is 2. The Balaban J connectivity index is 1.90. The van der Waals surface area contributed by atoms with E-state index in [1.54, 1.807) is 19.2 Å². The molecule has 7 nitrogen and oxygen atoms in total. The quantitative estimate of drug-likeness (QED) is 0.707. The number of pyridine rings is 1. The first kappa shape index (κ1) is 17.3. The lowest BCUT2D eigenvalue weighted by molar-refractivity contribution is -0.115. The molecule has 0 atom stereocenters. The highest BCUT2D eigenvalue weighted by atomic mass is 35.5. The summed E-state index contributed by atoms with van der Waals surface area (Å²) in [7, 11) is 3.06. The van der Waals surface area contributed by atoms with Crippen molar-refractivity contribution in [3.8, 4) is 11.8 Å². The molecule has 0 spiro atoms. The molecule has 0 unspecified atom stereocenters. The normalized spacial score (nSPS) is 10.7. The van der Waals surface area contributed by atoms with Gasteiger partial charge in [0.1, 0.15) is 11.3 Å². The molecule has 0 saturated carbocycles. The van der Waals surface area contributed by atoms with Crippen LogP contribution in [0.15, 0.2) is 24.5 Å². The minimum absolute atomic E-state index is 0.0729. The molecule has 0 aliphatic carbocycles. The maximum Gasteiger partial charge on any atom is 0.294 e.